The largest absolute Gasteiger partial charge is 0.383 e. The Morgan fingerprint density at radius 2 is 1.73 bits per heavy atom. The van der Waals surface area contributed by atoms with Crippen LogP contribution in [0.4, 0.5) is 40.4 Å². The first-order valence-electron chi connectivity index (χ1n) is 10.0. The van der Waals surface area contributed by atoms with Crippen LogP contribution in [-0.4, -0.2) is 17.5 Å². The van der Waals surface area contributed by atoms with Gasteiger partial charge in [-0.1, -0.05) is 24.3 Å². The Balaban J connectivity index is 1.66. The molecule has 0 fully saturated rings. The van der Waals surface area contributed by atoms with Gasteiger partial charge in [0, 0.05) is 28.6 Å². The fraction of sp³-hybridized carbons (Fsp3) is 0.0833. The normalized spacial score (nSPS) is 13.1. The molecule has 0 saturated heterocycles. The molecule has 166 valence electrons. The van der Waals surface area contributed by atoms with Crippen LogP contribution < -0.4 is 16.0 Å². The van der Waals surface area contributed by atoms with Crippen LogP contribution in [0.3, 0.4) is 0 Å². The van der Waals surface area contributed by atoms with Gasteiger partial charge in [0.1, 0.15) is 18.3 Å². The van der Waals surface area contributed by atoms with Crippen LogP contribution in [0, 0.1) is 30.2 Å². The standard InChI is InChI=1S/C24H17F4N5/c1-12-6-7-14-13(22(12)33-11-31-23(29)15-4-2-3-5-18(15)33)8-9-30-24(14)32-17-10-16(25)19(26)21(28)20(17)27/h2-10H,11H2,1H3,(H2,29,31)(H,30,32). The molecule has 1 aliphatic heterocycles. The number of halogens is 4. The lowest BCUT2D eigenvalue weighted by molar-refractivity contribution is 0.411. The number of benzene rings is 3. The number of pyridine rings is 1. The van der Waals surface area contributed by atoms with Crippen molar-refractivity contribution in [3.8, 4) is 0 Å². The van der Waals surface area contributed by atoms with E-state index < -0.39 is 29.0 Å². The van der Waals surface area contributed by atoms with Crippen molar-refractivity contribution in [2.45, 2.75) is 6.92 Å². The molecule has 0 radical (unpaired) electrons. The molecule has 0 aliphatic carbocycles. The minimum Gasteiger partial charge on any atom is -0.383 e. The van der Waals surface area contributed by atoms with Gasteiger partial charge in [-0.3, -0.25) is 0 Å². The van der Waals surface area contributed by atoms with Gasteiger partial charge in [0.2, 0.25) is 0 Å². The molecule has 0 spiro atoms. The van der Waals surface area contributed by atoms with Gasteiger partial charge >= 0.3 is 0 Å². The predicted octanol–water partition coefficient (Wildman–Crippen LogP) is 5.66. The van der Waals surface area contributed by atoms with E-state index in [1.165, 1.54) is 6.20 Å². The van der Waals surface area contributed by atoms with Crippen LogP contribution >= 0.6 is 0 Å². The summed E-state index contributed by atoms with van der Waals surface area (Å²) in [5.41, 5.74) is 8.96. The van der Waals surface area contributed by atoms with Crippen molar-refractivity contribution < 1.29 is 17.6 Å². The lowest BCUT2D eigenvalue weighted by Gasteiger charge is -2.31. The van der Waals surface area contributed by atoms with Gasteiger partial charge in [0.15, 0.2) is 23.3 Å². The van der Waals surface area contributed by atoms with Crippen LogP contribution in [0.1, 0.15) is 11.1 Å². The number of hydrogen-bond donors (Lipinski definition) is 2. The molecule has 3 N–H and O–H groups in total. The van der Waals surface area contributed by atoms with Crippen LogP contribution in [0.25, 0.3) is 10.8 Å². The highest BCUT2D eigenvalue weighted by Crippen LogP contribution is 2.40. The molecular weight excluding hydrogens is 434 g/mol. The topological polar surface area (TPSA) is 66.5 Å². The van der Waals surface area contributed by atoms with Crippen molar-refractivity contribution in [1.82, 2.24) is 4.98 Å². The Kier molecular flexibility index (Phi) is 4.88. The maximum absolute atomic E-state index is 14.3. The second-order valence-corrected chi connectivity index (χ2v) is 7.59. The molecule has 0 unspecified atom stereocenters. The lowest BCUT2D eigenvalue weighted by Crippen LogP contribution is -2.29. The predicted molar refractivity (Wildman–Crippen MR) is 120 cm³/mol. The molecule has 5 nitrogen and oxygen atoms in total. The van der Waals surface area contributed by atoms with E-state index in [1.54, 1.807) is 12.1 Å². The fourth-order valence-corrected chi connectivity index (χ4v) is 4.02. The second-order valence-electron chi connectivity index (χ2n) is 7.59. The highest BCUT2D eigenvalue weighted by molar-refractivity contribution is 6.08. The molecule has 0 saturated carbocycles. The van der Waals surface area contributed by atoms with E-state index in [4.69, 9.17) is 5.73 Å². The van der Waals surface area contributed by atoms with Gasteiger partial charge in [0.05, 0.1) is 17.1 Å². The monoisotopic (exact) mass is 451 g/mol. The van der Waals surface area contributed by atoms with Crippen LogP contribution in [-0.2, 0) is 0 Å². The minimum atomic E-state index is -1.89. The molecule has 33 heavy (non-hydrogen) atoms. The third kappa shape index (κ3) is 3.32. The Hall–Kier alpha value is -4.14. The van der Waals surface area contributed by atoms with E-state index >= 15 is 0 Å². The zero-order valence-electron chi connectivity index (χ0n) is 17.3. The molecular formula is C24H17F4N5. The van der Waals surface area contributed by atoms with Crippen molar-refractivity contribution in [2.24, 2.45) is 10.7 Å². The number of nitrogens with one attached hydrogen (secondary N) is 1. The molecule has 0 amide bonds. The number of aromatic nitrogens is 1. The van der Waals surface area contributed by atoms with Gasteiger partial charge in [-0.15, -0.1) is 0 Å². The van der Waals surface area contributed by atoms with Gasteiger partial charge in [-0.2, -0.15) is 0 Å². The molecule has 0 bridgehead atoms. The summed E-state index contributed by atoms with van der Waals surface area (Å²) in [4.78, 5) is 10.6. The molecule has 5 rings (SSSR count). The zero-order chi connectivity index (χ0) is 23.3. The average molecular weight is 451 g/mol. The highest BCUT2D eigenvalue weighted by atomic mass is 19.2. The number of aliphatic imine (C=N–C) groups is 1. The van der Waals surface area contributed by atoms with Crippen molar-refractivity contribution >= 4 is 39.5 Å². The molecule has 2 heterocycles. The molecule has 4 aromatic rings. The van der Waals surface area contributed by atoms with Gasteiger partial charge in [-0.25, -0.2) is 27.5 Å². The fourth-order valence-electron chi connectivity index (χ4n) is 4.02. The van der Waals surface area contributed by atoms with Crippen molar-refractivity contribution in [2.75, 3.05) is 16.9 Å². The number of rotatable bonds is 3. The van der Waals surface area contributed by atoms with Crippen LogP contribution in [0.15, 0.2) is 59.7 Å². The van der Waals surface area contributed by atoms with Gasteiger partial charge in [0.25, 0.3) is 0 Å². The van der Waals surface area contributed by atoms with Crippen molar-refractivity contribution in [3.05, 3.63) is 89.1 Å². The summed E-state index contributed by atoms with van der Waals surface area (Å²) in [5.74, 6) is -6.20. The Morgan fingerprint density at radius 3 is 2.55 bits per heavy atom. The SMILES string of the molecule is Cc1ccc2c(Nc3cc(F)c(F)c(F)c3F)nccc2c1N1CN=C(N)c2ccccc21. The third-order valence-electron chi connectivity index (χ3n) is 5.60. The number of nitrogens with zero attached hydrogens (tertiary/aromatic N) is 3. The van der Waals surface area contributed by atoms with E-state index in [2.05, 4.69) is 15.3 Å². The smallest absolute Gasteiger partial charge is 0.199 e. The van der Waals surface area contributed by atoms with Crippen molar-refractivity contribution in [1.29, 1.82) is 0 Å². The summed E-state index contributed by atoms with van der Waals surface area (Å²) in [7, 11) is 0. The van der Waals surface area contributed by atoms with E-state index in [-0.39, 0.29) is 12.5 Å². The van der Waals surface area contributed by atoms with Crippen molar-refractivity contribution in [3.63, 3.8) is 0 Å². The number of aryl methyl sites for hydroxylation is 1. The average Bonchev–Trinajstić information content (AvgIpc) is 2.82. The quantitative estimate of drug-likeness (QED) is 0.240. The molecule has 1 aliphatic rings. The van der Waals surface area contributed by atoms with E-state index in [9.17, 15) is 17.6 Å². The van der Waals surface area contributed by atoms with E-state index in [0.29, 0.717) is 17.3 Å². The van der Waals surface area contributed by atoms with E-state index in [1.807, 2.05) is 42.2 Å². The summed E-state index contributed by atoms with van der Waals surface area (Å²) in [6.45, 7) is 2.23. The minimum absolute atomic E-state index is 0.159. The molecule has 1 aromatic heterocycles. The summed E-state index contributed by atoms with van der Waals surface area (Å²) in [6.07, 6.45) is 1.50. The zero-order valence-corrected chi connectivity index (χ0v) is 17.3. The summed E-state index contributed by atoms with van der Waals surface area (Å²) < 4.78 is 55.0. The number of anilines is 4. The first-order valence-corrected chi connectivity index (χ1v) is 10.0. The van der Waals surface area contributed by atoms with Gasteiger partial charge in [-0.05, 0) is 30.7 Å². The maximum Gasteiger partial charge on any atom is 0.199 e. The summed E-state index contributed by atoms with van der Waals surface area (Å²) >= 11 is 0. The Morgan fingerprint density at radius 1 is 0.939 bits per heavy atom. The number of para-hydroxylation sites is 1. The summed E-state index contributed by atoms with van der Waals surface area (Å²) in [5, 5.41) is 3.92. The lowest BCUT2D eigenvalue weighted by atomic mass is 10.0. The molecule has 9 heteroatoms. The van der Waals surface area contributed by atoms with Crippen LogP contribution in [0.5, 0.6) is 0 Å². The molecule has 0 atom stereocenters. The molecule has 3 aromatic carbocycles. The number of amidine groups is 1. The first kappa shape index (κ1) is 20.7. The van der Waals surface area contributed by atoms with Crippen LogP contribution in [0.2, 0.25) is 0 Å². The first-order chi connectivity index (χ1) is 15.9. The number of hydrogen-bond acceptors (Lipinski definition) is 5. The summed E-state index contributed by atoms with van der Waals surface area (Å²) in [6, 6.07) is 13.6. The number of nitrogens with two attached hydrogens (primary N) is 1. The van der Waals surface area contributed by atoms with E-state index in [0.717, 1.165) is 27.9 Å². The third-order valence-corrected chi connectivity index (χ3v) is 5.60. The Bertz CT molecular complexity index is 1450. The highest BCUT2D eigenvalue weighted by Gasteiger charge is 2.24. The maximum atomic E-state index is 14.3. The number of fused-ring (bicyclic) bond motifs is 2. The Labute approximate surface area is 186 Å². The van der Waals surface area contributed by atoms with Gasteiger partial charge < -0.3 is 16.0 Å². The second kappa shape index (κ2) is 7.77.